The highest BCUT2D eigenvalue weighted by Crippen LogP contribution is 2.29. The largest absolute Gasteiger partial charge is 0.497 e. The van der Waals surface area contributed by atoms with Gasteiger partial charge in [0.05, 0.1) is 18.0 Å². The lowest BCUT2D eigenvalue weighted by Crippen LogP contribution is -2.51. The number of nitrogens with zero attached hydrogens (tertiary/aromatic N) is 2. The average molecular weight is 344 g/mol. The molecule has 0 bridgehead atoms. The predicted molar refractivity (Wildman–Crippen MR) is 93.3 cm³/mol. The van der Waals surface area contributed by atoms with Gasteiger partial charge in [-0.1, -0.05) is 18.2 Å². The van der Waals surface area contributed by atoms with Crippen LogP contribution in [0, 0.1) is 0 Å². The number of thiophene rings is 1. The van der Waals surface area contributed by atoms with Crippen molar-refractivity contribution < 1.29 is 14.3 Å². The Morgan fingerprint density at radius 3 is 2.50 bits per heavy atom. The van der Waals surface area contributed by atoms with Gasteiger partial charge in [0.25, 0.3) is 5.91 Å². The summed E-state index contributed by atoms with van der Waals surface area (Å²) in [5.41, 5.74) is 1.01. The topological polar surface area (TPSA) is 49.9 Å². The Balaban J connectivity index is 1.90. The first kappa shape index (κ1) is 16.5. The first-order valence-corrected chi connectivity index (χ1v) is 8.72. The number of amides is 2. The molecule has 2 amide bonds. The summed E-state index contributed by atoms with van der Waals surface area (Å²) in [6.07, 6.45) is 0. The van der Waals surface area contributed by atoms with E-state index in [0.717, 1.165) is 16.2 Å². The van der Waals surface area contributed by atoms with E-state index in [1.54, 1.807) is 18.9 Å². The summed E-state index contributed by atoms with van der Waals surface area (Å²) < 4.78 is 5.21. The van der Waals surface area contributed by atoms with E-state index in [1.165, 1.54) is 11.3 Å². The minimum absolute atomic E-state index is 0.0222. The summed E-state index contributed by atoms with van der Waals surface area (Å²) >= 11 is 1.44. The van der Waals surface area contributed by atoms with E-state index in [0.29, 0.717) is 19.6 Å². The highest BCUT2D eigenvalue weighted by Gasteiger charge is 2.33. The average Bonchev–Trinajstić information content (AvgIpc) is 3.15. The molecule has 1 saturated heterocycles. The third kappa shape index (κ3) is 3.28. The number of methoxy groups -OCH3 is 1. The summed E-state index contributed by atoms with van der Waals surface area (Å²) in [6, 6.07) is 11.3. The first-order valence-electron chi connectivity index (χ1n) is 7.84. The third-order valence-corrected chi connectivity index (χ3v) is 5.18. The molecular formula is C18H20N2O3S. The lowest BCUT2D eigenvalue weighted by atomic mass is 10.0. The van der Waals surface area contributed by atoms with Crippen molar-refractivity contribution in [2.75, 3.05) is 26.7 Å². The van der Waals surface area contributed by atoms with Gasteiger partial charge in [0.2, 0.25) is 5.91 Å². The second kappa shape index (κ2) is 7.05. The van der Waals surface area contributed by atoms with E-state index in [9.17, 15) is 9.59 Å². The Bertz CT molecular complexity index is 712. The molecule has 126 valence electrons. The maximum absolute atomic E-state index is 12.9. The van der Waals surface area contributed by atoms with Crippen molar-refractivity contribution in [1.29, 1.82) is 0 Å². The van der Waals surface area contributed by atoms with Crippen molar-refractivity contribution in [3.8, 4) is 5.75 Å². The van der Waals surface area contributed by atoms with Gasteiger partial charge in [-0.05, 0) is 29.1 Å². The van der Waals surface area contributed by atoms with E-state index >= 15 is 0 Å². The lowest BCUT2D eigenvalue weighted by Gasteiger charge is -2.41. The monoisotopic (exact) mass is 344 g/mol. The van der Waals surface area contributed by atoms with Crippen molar-refractivity contribution >= 4 is 23.2 Å². The standard InChI is InChI=1S/C18H20N2O3S/c1-13(21)19-9-10-20(18(22)17-4-3-11-24-17)16(12-19)14-5-7-15(23-2)8-6-14/h3-8,11,16H,9-10,12H2,1-2H3. The van der Waals surface area contributed by atoms with Crippen LogP contribution >= 0.6 is 11.3 Å². The van der Waals surface area contributed by atoms with Crippen molar-refractivity contribution in [2.24, 2.45) is 0 Å². The molecule has 1 aromatic heterocycles. The molecule has 1 aliphatic heterocycles. The molecule has 1 aromatic carbocycles. The molecule has 1 aliphatic rings. The number of hydrogen-bond donors (Lipinski definition) is 0. The molecule has 0 radical (unpaired) electrons. The van der Waals surface area contributed by atoms with E-state index in [2.05, 4.69) is 0 Å². The van der Waals surface area contributed by atoms with Gasteiger partial charge in [0.15, 0.2) is 0 Å². The summed E-state index contributed by atoms with van der Waals surface area (Å²) in [5, 5.41) is 1.90. The molecule has 6 heteroatoms. The number of rotatable bonds is 3. The molecule has 0 saturated carbocycles. The molecule has 0 spiro atoms. The van der Waals surface area contributed by atoms with Gasteiger partial charge >= 0.3 is 0 Å². The van der Waals surface area contributed by atoms with Gasteiger partial charge < -0.3 is 14.5 Å². The Labute approximate surface area is 145 Å². The van der Waals surface area contributed by atoms with Crippen LogP contribution in [0.5, 0.6) is 5.75 Å². The fraction of sp³-hybridized carbons (Fsp3) is 0.333. The maximum Gasteiger partial charge on any atom is 0.264 e. The number of carbonyl (C=O) groups is 2. The molecule has 1 unspecified atom stereocenters. The molecular weight excluding hydrogens is 324 g/mol. The Hall–Kier alpha value is -2.34. The normalized spacial score (nSPS) is 17.7. The lowest BCUT2D eigenvalue weighted by molar-refractivity contribution is -0.131. The van der Waals surface area contributed by atoms with Crippen LogP contribution in [-0.2, 0) is 4.79 Å². The van der Waals surface area contributed by atoms with Gasteiger partial charge in [0, 0.05) is 26.6 Å². The smallest absolute Gasteiger partial charge is 0.264 e. The zero-order chi connectivity index (χ0) is 17.1. The zero-order valence-electron chi connectivity index (χ0n) is 13.8. The number of ether oxygens (including phenoxy) is 1. The minimum Gasteiger partial charge on any atom is -0.497 e. The van der Waals surface area contributed by atoms with E-state index in [-0.39, 0.29) is 17.9 Å². The summed E-state index contributed by atoms with van der Waals surface area (Å²) in [6.45, 7) is 3.19. The van der Waals surface area contributed by atoms with Crippen LogP contribution in [0.25, 0.3) is 0 Å². The number of piperazine rings is 1. The van der Waals surface area contributed by atoms with Gasteiger partial charge in [-0.2, -0.15) is 0 Å². The van der Waals surface area contributed by atoms with Crippen molar-refractivity contribution in [3.05, 3.63) is 52.2 Å². The molecule has 1 fully saturated rings. The van der Waals surface area contributed by atoms with Gasteiger partial charge in [-0.3, -0.25) is 9.59 Å². The highest BCUT2D eigenvalue weighted by atomic mass is 32.1. The number of hydrogen-bond acceptors (Lipinski definition) is 4. The summed E-state index contributed by atoms with van der Waals surface area (Å²) in [4.78, 5) is 29.0. The number of benzene rings is 1. The van der Waals surface area contributed by atoms with Gasteiger partial charge in [0.1, 0.15) is 5.75 Å². The molecule has 3 rings (SSSR count). The van der Waals surface area contributed by atoms with Crippen LogP contribution in [0.15, 0.2) is 41.8 Å². The minimum atomic E-state index is -0.150. The van der Waals surface area contributed by atoms with Gasteiger partial charge in [-0.25, -0.2) is 0 Å². The van der Waals surface area contributed by atoms with Crippen LogP contribution in [-0.4, -0.2) is 48.4 Å². The summed E-state index contributed by atoms with van der Waals surface area (Å²) in [7, 11) is 1.62. The third-order valence-electron chi connectivity index (χ3n) is 4.32. The molecule has 24 heavy (non-hydrogen) atoms. The van der Waals surface area contributed by atoms with Gasteiger partial charge in [-0.15, -0.1) is 11.3 Å². The number of carbonyl (C=O) groups excluding carboxylic acids is 2. The highest BCUT2D eigenvalue weighted by molar-refractivity contribution is 7.12. The van der Waals surface area contributed by atoms with Crippen LogP contribution < -0.4 is 4.74 Å². The maximum atomic E-state index is 12.9. The molecule has 1 atom stereocenters. The Morgan fingerprint density at radius 1 is 1.17 bits per heavy atom. The zero-order valence-corrected chi connectivity index (χ0v) is 14.6. The fourth-order valence-corrected chi connectivity index (χ4v) is 3.64. The SMILES string of the molecule is COc1ccc(C2CN(C(C)=O)CCN2C(=O)c2cccs2)cc1. The molecule has 0 aliphatic carbocycles. The van der Waals surface area contributed by atoms with Crippen LogP contribution in [0.4, 0.5) is 0 Å². The molecule has 0 N–H and O–H groups in total. The van der Waals surface area contributed by atoms with Crippen molar-refractivity contribution in [1.82, 2.24) is 9.80 Å². The van der Waals surface area contributed by atoms with Crippen LogP contribution in [0.3, 0.4) is 0 Å². The second-order valence-electron chi connectivity index (χ2n) is 5.73. The second-order valence-corrected chi connectivity index (χ2v) is 6.68. The fourth-order valence-electron chi connectivity index (χ4n) is 2.97. The summed E-state index contributed by atoms with van der Waals surface area (Å²) in [5.74, 6) is 0.833. The van der Waals surface area contributed by atoms with E-state index in [4.69, 9.17) is 4.74 Å². The Morgan fingerprint density at radius 2 is 1.92 bits per heavy atom. The van der Waals surface area contributed by atoms with Crippen molar-refractivity contribution in [2.45, 2.75) is 13.0 Å². The van der Waals surface area contributed by atoms with Crippen LogP contribution in [0.2, 0.25) is 0 Å². The Kier molecular flexibility index (Phi) is 4.85. The molecule has 2 heterocycles. The van der Waals surface area contributed by atoms with E-state index < -0.39 is 0 Å². The van der Waals surface area contributed by atoms with E-state index in [1.807, 2.05) is 46.7 Å². The molecule has 5 nitrogen and oxygen atoms in total. The first-order chi connectivity index (χ1) is 11.6. The van der Waals surface area contributed by atoms with Crippen molar-refractivity contribution in [3.63, 3.8) is 0 Å². The van der Waals surface area contributed by atoms with Crippen LogP contribution in [0.1, 0.15) is 28.2 Å². The predicted octanol–water partition coefficient (Wildman–Crippen LogP) is 2.80. The quantitative estimate of drug-likeness (QED) is 0.860. The molecule has 2 aromatic rings.